The van der Waals surface area contributed by atoms with Gasteiger partial charge in [-0.05, 0) is 32.6 Å². The van der Waals surface area contributed by atoms with Crippen LogP contribution < -0.4 is 0 Å². The summed E-state index contributed by atoms with van der Waals surface area (Å²) in [5.74, 6) is 0. The topological polar surface area (TPSA) is 0 Å². The summed E-state index contributed by atoms with van der Waals surface area (Å²) in [5.41, 5.74) is 0. The molecule has 0 aromatic heterocycles. The number of hydrogen-bond acceptors (Lipinski definition) is 0. The van der Waals surface area contributed by atoms with Crippen LogP contribution in [0.2, 0.25) is 0 Å². The van der Waals surface area contributed by atoms with E-state index < -0.39 is 0 Å². The molecule has 0 aliphatic rings. The molecule has 0 aromatic carbocycles. The van der Waals surface area contributed by atoms with E-state index in [1.165, 1.54) is 64.2 Å². The first-order valence-electron chi connectivity index (χ1n) is 7.17. The van der Waals surface area contributed by atoms with Crippen molar-refractivity contribution in [2.45, 2.75) is 77.6 Å². The molecule has 2 radical (unpaired) electrons. The molecule has 0 bridgehead atoms. The van der Waals surface area contributed by atoms with Crippen molar-refractivity contribution >= 4 is 0 Å². The number of allylic oxidation sites excluding steroid dienone is 2. The van der Waals surface area contributed by atoms with E-state index in [0.717, 1.165) is 6.42 Å². The van der Waals surface area contributed by atoms with Crippen molar-refractivity contribution in [1.82, 2.24) is 0 Å². The minimum absolute atomic E-state index is 1.03. The van der Waals surface area contributed by atoms with Crippen LogP contribution in [0.15, 0.2) is 12.2 Å². The van der Waals surface area contributed by atoms with Gasteiger partial charge in [0.25, 0.3) is 0 Å². The van der Waals surface area contributed by atoms with Gasteiger partial charge < -0.3 is 0 Å². The molecule has 0 unspecified atom stereocenters. The van der Waals surface area contributed by atoms with Crippen LogP contribution >= 0.6 is 0 Å². The second kappa shape index (κ2) is 14.7. The maximum absolute atomic E-state index is 3.70. The molecule has 0 saturated heterocycles. The van der Waals surface area contributed by atoms with E-state index in [1.807, 2.05) is 6.42 Å². The fourth-order valence-electron chi connectivity index (χ4n) is 1.88. The number of unbranched alkanes of at least 4 members (excludes halogenated alkanes) is 10. The van der Waals surface area contributed by atoms with Crippen LogP contribution in [0.25, 0.3) is 0 Å². The normalized spacial score (nSPS) is 11.4. The van der Waals surface area contributed by atoms with Crippen molar-refractivity contribution in [3.8, 4) is 0 Å². The summed E-state index contributed by atoms with van der Waals surface area (Å²) in [6, 6.07) is 0. The Morgan fingerprint density at radius 1 is 0.750 bits per heavy atom. The molecule has 94 valence electrons. The molecule has 0 spiro atoms. The molecular weight excluding hydrogens is 192 g/mol. The van der Waals surface area contributed by atoms with E-state index in [9.17, 15) is 0 Å². The van der Waals surface area contributed by atoms with Gasteiger partial charge in [-0.15, -0.1) is 0 Å². The lowest BCUT2D eigenvalue weighted by atomic mass is 10.1. The van der Waals surface area contributed by atoms with Gasteiger partial charge in [-0.1, -0.05) is 70.4 Å². The molecule has 0 heterocycles. The highest BCUT2D eigenvalue weighted by atomic mass is 14.0. The Balaban J connectivity index is 2.93. The maximum atomic E-state index is 3.70. The van der Waals surface area contributed by atoms with Crippen LogP contribution in [0, 0.1) is 13.3 Å². The molecule has 0 heteroatoms. The standard InChI is InChI=1S/C16H30/c1-3-5-7-9-11-13-15-16-14-12-10-8-6-4-2/h3,7,9H,1,4-6,8,10-16H2,2H3. The monoisotopic (exact) mass is 222 g/mol. The van der Waals surface area contributed by atoms with Crippen molar-refractivity contribution in [2.75, 3.05) is 0 Å². The average Bonchev–Trinajstić information content (AvgIpc) is 2.31. The van der Waals surface area contributed by atoms with E-state index in [0.29, 0.717) is 0 Å². The van der Waals surface area contributed by atoms with Gasteiger partial charge in [-0.2, -0.15) is 0 Å². The third-order valence-corrected chi connectivity index (χ3v) is 2.94. The summed E-state index contributed by atoms with van der Waals surface area (Å²) < 4.78 is 0. The minimum Gasteiger partial charge on any atom is -0.0885 e. The molecule has 0 atom stereocenters. The Kier molecular flexibility index (Phi) is 14.5. The van der Waals surface area contributed by atoms with Gasteiger partial charge in [0.2, 0.25) is 0 Å². The molecule has 0 amide bonds. The Morgan fingerprint density at radius 3 is 1.88 bits per heavy atom. The van der Waals surface area contributed by atoms with Crippen LogP contribution in [0.1, 0.15) is 77.6 Å². The Bertz CT molecular complexity index is 135. The van der Waals surface area contributed by atoms with Crippen molar-refractivity contribution in [2.24, 2.45) is 0 Å². The zero-order valence-electron chi connectivity index (χ0n) is 11.2. The van der Waals surface area contributed by atoms with Crippen molar-refractivity contribution < 1.29 is 0 Å². The molecular formula is C16H30. The summed E-state index contributed by atoms with van der Waals surface area (Å²) in [4.78, 5) is 0. The van der Waals surface area contributed by atoms with Crippen LogP contribution in [0.3, 0.4) is 0 Å². The zero-order chi connectivity index (χ0) is 11.9. The first kappa shape index (κ1) is 15.7. The Morgan fingerprint density at radius 2 is 1.31 bits per heavy atom. The molecule has 0 aliphatic heterocycles. The maximum Gasteiger partial charge on any atom is -0.0319 e. The van der Waals surface area contributed by atoms with Gasteiger partial charge in [-0.3, -0.25) is 0 Å². The summed E-state index contributed by atoms with van der Waals surface area (Å²) in [6.45, 7) is 5.98. The fourth-order valence-corrected chi connectivity index (χ4v) is 1.88. The van der Waals surface area contributed by atoms with Gasteiger partial charge in [0.1, 0.15) is 0 Å². The Hall–Kier alpha value is -0.260. The van der Waals surface area contributed by atoms with E-state index in [1.54, 1.807) is 0 Å². The lowest BCUT2D eigenvalue weighted by Gasteiger charge is -2.00. The van der Waals surface area contributed by atoms with Crippen LogP contribution in [0.5, 0.6) is 0 Å². The van der Waals surface area contributed by atoms with E-state index in [-0.39, 0.29) is 0 Å². The SMILES string of the molecule is [CH2][CH]CC=CCCCCCCCCCCC. The molecule has 0 aliphatic carbocycles. The second-order valence-electron chi connectivity index (χ2n) is 4.61. The highest BCUT2D eigenvalue weighted by molar-refractivity contribution is 4.87. The third-order valence-electron chi connectivity index (χ3n) is 2.94. The highest BCUT2D eigenvalue weighted by Gasteiger charge is 1.90. The molecule has 0 nitrogen and oxygen atoms in total. The van der Waals surface area contributed by atoms with Crippen LogP contribution in [-0.2, 0) is 0 Å². The smallest absolute Gasteiger partial charge is 0.0319 e. The summed E-state index contributed by atoms with van der Waals surface area (Å²) in [5, 5.41) is 0. The van der Waals surface area contributed by atoms with Crippen molar-refractivity contribution in [3.63, 3.8) is 0 Å². The number of hydrogen-bond donors (Lipinski definition) is 0. The summed E-state index contributed by atoms with van der Waals surface area (Å²) in [6.07, 6.45) is 21.5. The summed E-state index contributed by atoms with van der Waals surface area (Å²) in [7, 11) is 0. The second-order valence-corrected chi connectivity index (χ2v) is 4.61. The first-order chi connectivity index (χ1) is 7.91. The molecule has 0 rings (SSSR count). The van der Waals surface area contributed by atoms with Crippen molar-refractivity contribution in [1.29, 1.82) is 0 Å². The Labute approximate surface area is 104 Å². The van der Waals surface area contributed by atoms with Gasteiger partial charge in [0.15, 0.2) is 0 Å². The highest BCUT2D eigenvalue weighted by Crippen LogP contribution is 2.10. The van der Waals surface area contributed by atoms with E-state index >= 15 is 0 Å². The third kappa shape index (κ3) is 13.7. The zero-order valence-corrected chi connectivity index (χ0v) is 11.2. The predicted molar refractivity (Wildman–Crippen MR) is 75.3 cm³/mol. The average molecular weight is 222 g/mol. The minimum atomic E-state index is 1.03. The lowest BCUT2D eigenvalue weighted by molar-refractivity contribution is 0.566. The molecule has 0 saturated carbocycles. The van der Waals surface area contributed by atoms with Gasteiger partial charge in [0, 0.05) is 0 Å². The first-order valence-corrected chi connectivity index (χ1v) is 7.17. The predicted octanol–water partition coefficient (Wildman–Crippen LogP) is 5.89. The quantitative estimate of drug-likeness (QED) is 0.285. The van der Waals surface area contributed by atoms with Crippen molar-refractivity contribution in [3.05, 3.63) is 25.5 Å². The van der Waals surface area contributed by atoms with E-state index in [2.05, 4.69) is 26.0 Å². The molecule has 0 aromatic rings. The summed E-state index contributed by atoms with van der Waals surface area (Å²) >= 11 is 0. The van der Waals surface area contributed by atoms with Gasteiger partial charge in [-0.25, -0.2) is 0 Å². The van der Waals surface area contributed by atoms with Crippen LogP contribution in [-0.4, -0.2) is 0 Å². The molecule has 16 heavy (non-hydrogen) atoms. The molecule has 0 fully saturated rings. The number of rotatable bonds is 12. The largest absolute Gasteiger partial charge is 0.0885 e. The lowest BCUT2D eigenvalue weighted by Crippen LogP contribution is -1.80. The molecule has 0 N–H and O–H groups in total. The fraction of sp³-hybridized carbons (Fsp3) is 0.750. The van der Waals surface area contributed by atoms with Gasteiger partial charge in [0.05, 0.1) is 0 Å². The van der Waals surface area contributed by atoms with E-state index in [4.69, 9.17) is 0 Å². The van der Waals surface area contributed by atoms with Crippen LogP contribution in [0.4, 0.5) is 0 Å². The van der Waals surface area contributed by atoms with Gasteiger partial charge >= 0.3 is 0 Å².